The Morgan fingerprint density at radius 1 is 0.810 bits per heavy atom. The number of aliphatic hydroxyl groups excluding tert-OH is 6. The predicted octanol–water partition coefficient (Wildman–Crippen LogP) is -6.08. The smallest absolute Gasteiger partial charge is 0.550 e. The fraction of sp³-hybridized carbons (Fsp3) is 0.800. The van der Waals surface area contributed by atoms with E-state index in [0.717, 1.165) is 13.8 Å². The molecule has 0 bridgehead atoms. The van der Waals surface area contributed by atoms with Gasteiger partial charge in [0.15, 0.2) is 0 Å². The van der Waals surface area contributed by atoms with Crippen LogP contribution in [0.5, 0.6) is 0 Å². The maximum Gasteiger partial charge on any atom is 2.00 e. The molecular weight excluding hydrogens is 344 g/mol. The molecule has 0 spiro atoms. The molecule has 6 N–H and O–H groups in total. The van der Waals surface area contributed by atoms with Crippen molar-refractivity contribution in [2.24, 2.45) is 0 Å². The van der Waals surface area contributed by atoms with Crippen molar-refractivity contribution in [3.63, 3.8) is 0 Å². The Morgan fingerprint density at radius 2 is 0.952 bits per heavy atom. The zero-order valence-corrected chi connectivity index (χ0v) is 12.3. The van der Waals surface area contributed by atoms with Crippen molar-refractivity contribution in [3.8, 4) is 0 Å². The molecule has 0 amide bonds. The summed E-state index contributed by atoms with van der Waals surface area (Å²) < 4.78 is 0. The molecule has 0 saturated heterocycles. The Labute approximate surface area is 131 Å². The first-order chi connectivity index (χ1) is 9.00. The van der Waals surface area contributed by atoms with E-state index in [1.165, 1.54) is 0 Å². The molecule has 0 heterocycles. The van der Waals surface area contributed by atoms with Crippen molar-refractivity contribution in [2.45, 2.75) is 38.3 Å². The first kappa shape index (κ1) is 28.4. The average molecular weight is 364 g/mol. The van der Waals surface area contributed by atoms with Gasteiger partial charge in [0, 0.05) is 11.9 Å². The molecule has 0 aliphatic heterocycles. The van der Waals surface area contributed by atoms with Gasteiger partial charge in [0.1, 0.15) is 24.4 Å². The monoisotopic (exact) mass is 363 g/mol. The fourth-order valence-corrected chi connectivity index (χ4v) is 0.671. The van der Waals surface area contributed by atoms with Gasteiger partial charge in [-0.05, 0) is 13.8 Å². The Hall–Kier alpha value is -0.781. The Balaban J connectivity index is -0.000000134. The van der Waals surface area contributed by atoms with Crippen molar-refractivity contribution >= 4 is 11.9 Å². The van der Waals surface area contributed by atoms with E-state index in [1.54, 1.807) is 0 Å². The van der Waals surface area contributed by atoms with Crippen molar-refractivity contribution in [2.75, 3.05) is 13.2 Å². The van der Waals surface area contributed by atoms with Gasteiger partial charge in [-0.25, -0.2) is 0 Å². The maximum absolute atomic E-state index is 8.96. The summed E-state index contributed by atoms with van der Waals surface area (Å²) >= 11 is 0. The number of rotatable bonds is 5. The number of hydrogen-bond donors (Lipinski definition) is 6. The summed E-state index contributed by atoms with van der Waals surface area (Å²) in [5.41, 5.74) is 0. The SMILES string of the molecule is CC(=O)[O-].CC(=O)[O-].OC[C@@H](O)[C@@H](O)[C@H](O)[C@@H](O)CO.[Cu+2]. The van der Waals surface area contributed by atoms with Crippen molar-refractivity contribution in [3.05, 3.63) is 0 Å². The average Bonchev–Trinajstić information content (AvgIpc) is 2.33. The number of carboxylic acids is 2. The summed E-state index contributed by atoms with van der Waals surface area (Å²) in [4.78, 5) is 17.8. The molecule has 11 heteroatoms. The molecule has 0 aromatic rings. The second-order valence-electron chi connectivity index (χ2n) is 3.46. The zero-order valence-electron chi connectivity index (χ0n) is 11.3. The molecule has 0 aromatic carbocycles. The molecule has 0 fully saturated rings. The quantitative estimate of drug-likeness (QED) is 0.255. The molecule has 0 rings (SSSR count). The summed E-state index contributed by atoms with van der Waals surface area (Å²) in [5, 5.41) is 70.0. The first-order valence-electron chi connectivity index (χ1n) is 5.30. The maximum atomic E-state index is 8.96. The number of aliphatic hydroxyl groups is 6. The van der Waals surface area contributed by atoms with E-state index in [1.807, 2.05) is 0 Å². The second kappa shape index (κ2) is 17.3. The van der Waals surface area contributed by atoms with E-state index in [4.69, 9.17) is 50.4 Å². The number of carboxylic acid groups (broad SMARTS) is 2. The van der Waals surface area contributed by atoms with Crippen LogP contribution in [0.1, 0.15) is 13.8 Å². The van der Waals surface area contributed by atoms with Crippen molar-refractivity contribution in [1.82, 2.24) is 0 Å². The van der Waals surface area contributed by atoms with Crippen LogP contribution in [0, 0.1) is 0 Å². The third kappa shape index (κ3) is 24.6. The van der Waals surface area contributed by atoms with Gasteiger partial charge >= 0.3 is 17.1 Å². The Bertz CT molecular complexity index is 228. The van der Waals surface area contributed by atoms with Gasteiger partial charge in [-0.1, -0.05) is 0 Å². The third-order valence-electron chi connectivity index (χ3n) is 1.51. The van der Waals surface area contributed by atoms with Gasteiger partial charge in [-0.15, -0.1) is 0 Å². The molecule has 21 heavy (non-hydrogen) atoms. The van der Waals surface area contributed by atoms with Crippen LogP contribution in [-0.2, 0) is 26.7 Å². The minimum atomic E-state index is -1.67. The van der Waals surface area contributed by atoms with Crippen LogP contribution in [0.4, 0.5) is 0 Å². The molecular formula is C10H20CuO10. The van der Waals surface area contributed by atoms with Gasteiger partial charge in [0.2, 0.25) is 0 Å². The van der Waals surface area contributed by atoms with Crippen molar-refractivity contribution < 1.29 is 67.5 Å². The third-order valence-corrected chi connectivity index (χ3v) is 1.51. The van der Waals surface area contributed by atoms with Crippen LogP contribution in [0.3, 0.4) is 0 Å². The molecule has 4 atom stereocenters. The molecule has 1 radical (unpaired) electrons. The summed E-state index contributed by atoms with van der Waals surface area (Å²) in [6, 6.07) is 0. The van der Waals surface area contributed by atoms with Gasteiger partial charge in [0.05, 0.1) is 13.2 Å². The standard InChI is InChI=1S/C6H14O6.2C2H4O2.Cu/c7-1-3(9)5(11)6(12)4(10)2-8;2*1-2(3)4;/h3-12H,1-2H2;2*1H3,(H,3,4);/q;;;+2/p-2/t3-,4+,5-,6-;;;/m1.../s1. The van der Waals surface area contributed by atoms with Crippen LogP contribution >= 0.6 is 0 Å². The zero-order chi connectivity index (χ0) is 16.9. The number of hydrogen-bond acceptors (Lipinski definition) is 10. The van der Waals surface area contributed by atoms with Gasteiger partial charge in [-0.3, -0.25) is 0 Å². The Morgan fingerprint density at radius 3 is 1.05 bits per heavy atom. The number of aliphatic carboxylic acids is 2. The van der Waals surface area contributed by atoms with Crippen LogP contribution in [-0.4, -0.2) is 80.2 Å². The molecule has 0 aliphatic carbocycles. The molecule has 131 valence electrons. The van der Waals surface area contributed by atoms with Crippen LogP contribution in [0.2, 0.25) is 0 Å². The summed E-state index contributed by atoms with van der Waals surface area (Å²) in [6.07, 6.45) is -6.39. The molecule has 0 unspecified atom stereocenters. The van der Waals surface area contributed by atoms with E-state index >= 15 is 0 Å². The second-order valence-corrected chi connectivity index (χ2v) is 3.46. The Kier molecular flexibility index (Phi) is 23.4. The van der Waals surface area contributed by atoms with E-state index in [9.17, 15) is 0 Å². The first-order valence-corrected chi connectivity index (χ1v) is 5.30. The summed E-state index contributed by atoms with van der Waals surface area (Å²) in [7, 11) is 0. The van der Waals surface area contributed by atoms with Crippen molar-refractivity contribution in [1.29, 1.82) is 0 Å². The normalized spacial score (nSPS) is 14.7. The molecule has 10 nitrogen and oxygen atoms in total. The fourth-order valence-electron chi connectivity index (χ4n) is 0.671. The number of carbonyl (C=O) groups is 2. The predicted molar refractivity (Wildman–Crippen MR) is 59.6 cm³/mol. The summed E-state index contributed by atoms with van der Waals surface area (Å²) in [5.74, 6) is -2.17. The van der Waals surface area contributed by atoms with E-state index in [2.05, 4.69) is 0 Å². The van der Waals surface area contributed by atoms with Crippen LogP contribution in [0.15, 0.2) is 0 Å². The topological polar surface area (TPSA) is 202 Å². The van der Waals surface area contributed by atoms with E-state index in [0.29, 0.717) is 0 Å². The van der Waals surface area contributed by atoms with E-state index < -0.39 is 49.6 Å². The molecule has 0 aromatic heterocycles. The largest absolute Gasteiger partial charge is 2.00 e. The van der Waals surface area contributed by atoms with Crippen LogP contribution < -0.4 is 10.2 Å². The summed E-state index contributed by atoms with van der Waals surface area (Å²) in [6.45, 7) is 0.493. The van der Waals surface area contributed by atoms with Gasteiger partial charge in [0.25, 0.3) is 0 Å². The van der Waals surface area contributed by atoms with Gasteiger partial charge in [-0.2, -0.15) is 0 Å². The van der Waals surface area contributed by atoms with Gasteiger partial charge < -0.3 is 50.4 Å². The minimum Gasteiger partial charge on any atom is -0.550 e. The number of carbonyl (C=O) groups excluding carboxylic acids is 2. The molecule has 0 aliphatic rings. The van der Waals surface area contributed by atoms with Crippen LogP contribution in [0.25, 0.3) is 0 Å². The van der Waals surface area contributed by atoms with E-state index in [-0.39, 0.29) is 17.1 Å². The minimum absolute atomic E-state index is 0. The molecule has 0 saturated carbocycles.